The number of likely N-dealkylation sites (N-methyl/N-ethyl adjacent to an activating group) is 1. The molecule has 174 valence electrons. The van der Waals surface area contributed by atoms with E-state index >= 15 is 0 Å². The molecule has 5 nitrogen and oxygen atoms in total. The molecule has 0 radical (unpaired) electrons. The van der Waals surface area contributed by atoms with Crippen molar-refractivity contribution in [1.29, 1.82) is 0 Å². The van der Waals surface area contributed by atoms with Crippen molar-refractivity contribution >= 4 is 28.9 Å². The van der Waals surface area contributed by atoms with Gasteiger partial charge in [0, 0.05) is 29.5 Å². The maximum absolute atomic E-state index is 13.7. The van der Waals surface area contributed by atoms with Crippen molar-refractivity contribution in [3.05, 3.63) is 101 Å². The lowest BCUT2D eigenvalue weighted by Gasteiger charge is -2.39. The molecule has 3 aromatic rings. The number of benzene rings is 3. The first-order valence-electron chi connectivity index (χ1n) is 11.7. The zero-order valence-electron chi connectivity index (χ0n) is 20.2. The molecule has 3 aromatic carbocycles. The van der Waals surface area contributed by atoms with E-state index < -0.39 is 11.8 Å². The normalized spacial score (nSPS) is 14.9. The minimum absolute atomic E-state index is 0.113. The van der Waals surface area contributed by atoms with Gasteiger partial charge in [0.1, 0.15) is 5.57 Å². The number of aryl methyl sites for hydroxylation is 2. The molecule has 0 fully saturated rings. The Kier molecular flexibility index (Phi) is 6.82. The van der Waals surface area contributed by atoms with Gasteiger partial charge in [-0.05, 0) is 63.9 Å². The molecule has 4 rings (SSSR count). The molecular formula is C29H31N3O2. The first kappa shape index (κ1) is 23.3. The Morgan fingerprint density at radius 3 is 1.82 bits per heavy atom. The van der Waals surface area contributed by atoms with Crippen molar-refractivity contribution < 1.29 is 9.59 Å². The van der Waals surface area contributed by atoms with Gasteiger partial charge in [-0.3, -0.25) is 9.59 Å². The number of hydrogen-bond donors (Lipinski definition) is 2. The number of nitrogens with one attached hydrogen (secondary N) is 2. The second-order valence-corrected chi connectivity index (χ2v) is 8.86. The van der Waals surface area contributed by atoms with Gasteiger partial charge in [-0.15, -0.1) is 0 Å². The molecule has 1 unspecified atom stereocenters. The molecule has 1 aliphatic heterocycles. The zero-order valence-corrected chi connectivity index (χ0v) is 20.2. The second kappa shape index (κ2) is 9.96. The number of amides is 2. The van der Waals surface area contributed by atoms with E-state index in [-0.39, 0.29) is 11.6 Å². The Labute approximate surface area is 201 Å². The lowest BCUT2D eigenvalue weighted by Crippen LogP contribution is -2.40. The fraction of sp³-hybridized carbons (Fsp3) is 0.241. The van der Waals surface area contributed by atoms with Crippen molar-refractivity contribution in [2.24, 2.45) is 0 Å². The van der Waals surface area contributed by atoms with Gasteiger partial charge in [0.25, 0.3) is 11.8 Å². The molecule has 2 amide bonds. The van der Waals surface area contributed by atoms with E-state index in [0.29, 0.717) is 23.6 Å². The fourth-order valence-electron chi connectivity index (χ4n) is 4.46. The highest BCUT2D eigenvalue weighted by Gasteiger charge is 2.33. The number of anilines is 2. The molecule has 34 heavy (non-hydrogen) atoms. The Bertz CT molecular complexity index is 1170. The number of hydrogen-bond acceptors (Lipinski definition) is 3. The van der Waals surface area contributed by atoms with Crippen LogP contribution in [0.15, 0.2) is 78.4 Å². The van der Waals surface area contributed by atoms with Crippen LogP contribution < -0.4 is 10.6 Å². The van der Waals surface area contributed by atoms with Crippen LogP contribution in [0.5, 0.6) is 0 Å². The van der Waals surface area contributed by atoms with Crippen LogP contribution >= 0.6 is 0 Å². The van der Waals surface area contributed by atoms with Gasteiger partial charge in [0.05, 0.1) is 5.70 Å². The van der Waals surface area contributed by atoms with Crippen molar-refractivity contribution in [2.45, 2.75) is 40.2 Å². The maximum Gasteiger partial charge on any atom is 0.263 e. The molecule has 0 bridgehead atoms. The third kappa shape index (κ3) is 4.88. The highest BCUT2D eigenvalue weighted by molar-refractivity contribution is 6.30. The monoisotopic (exact) mass is 453 g/mol. The molecule has 2 N–H and O–H groups in total. The molecule has 0 saturated carbocycles. The molecule has 0 spiro atoms. The summed E-state index contributed by atoms with van der Waals surface area (Å²) in [6.07, 6.45) is 0.861. The maximum atomic E-state index is 13.7. The summed E-state index contributed by atoms with van der Waals surface area (Å²) in [6.45, 7) is 8.86. The van der Waals surface area contributed by atoms with Crippen molar-refractivity contribution in [3.8, 4) is 0 Å². The third-order valence-corrected chi connectivity index (χ3v) is 6.26. The lowest BCUT2D eigenvalue weighted by atomic mass is 9.89. The first-order valence-corrected chi connectivity index (χ1v) is 11.7. The van der Waals surface area contributed by atoms with Gasteiger partial charge < -0.3 is 15.5 Å². The van der Waals surface area contributed by atoms with E-state index in [4.69, 9.17) is 0 Å². The molecule has 1 atom stereocenters. The largest absolute Gasteiger partial charge is 0.367 e. The van der Waals surface area contributed by atoms with Gasteiger partial charge in [-0.2, -0.15) is 0 Å². The number of rotatable bonds is 5. The smallest absolute Gasteiger partial charge is 0.263 e. The summed E-state index contributed by atoms with van der Waals surface area (Å²) in [6, 6.07) is 23.3. The van der Waals surface area contributed by atoms with Crippen molar-refractivity contribution in [3.63, 3.8) is 0 Å². The van der Waals surface area contributed by atoms with E-state index in [1.807, 2.05) is 80.6 Å². The summed E-state index contributed by atoms with van der Waals surface area (Å²) in [7, 11) is 0. The van der Waals surface area contributed by atoms with E-state index in [9.17, 15) is 9.59 Å². The summed E-state index contributed by atoms with van der Waals surface area (Å²) >= 11 is 0. The summed E-state index contributed by atoms with van der Waals surface area (Å²) in [5, 5.41) is 5.90. The van der Waals surface area contributed by atoms with Crippen LogP contribution in [0.2, 0.25) is 0 Å². The number of fused-ring (bicyclic) bond motifs is 1. The predicted octanol–water partition coefficient (Wildman–Crippen LogP) is 5.56. The van der Waals surface area contributed by atoms with Crippen LogP contribution in [0, 0.1) is 13.8 Å². The second-order valence-electron chi connectivity index (χ2n) is 8.86. The molecule has 0 aromatic heterocycles. The first-order chi connectivity index (χ1) is 16.4. The topological polar surface area (TPSA) is 61.4 Å². The van der Waals surface area contributed by atoms with Gasteiger partial charge in [-0.25, -0.2) is 0 Å². The highest BCUT2D eigenvalue weighted by atomic mass is 16.2. The van der Waals surface area contributed by atoms with Crippen molar-refractivity contribution in [2.75, 3.05) is 17.2 Å². The van der Waals surface area contributed by atoms with Gasteiger partial charge in [0.15, 0.2) is 0 Å². The molecule has 0 saturated heterocycles. The standard InChI is InChI=1S/C29H31N3O2/c1-5-32-21(4)18-22-8-6-7-9-25(22)27(32)26(28(33)30-23-14-10-19(2)11-15-23)29(34)31-24-16-12-20(3)13-17-24/h6-17,21H,5,18H2,1-4H3,(H,30,33)(H,31,34). The van der Waals surface area contributed by atoms with Crippen LogP contribution in [0.4, 0.5) is 11.4 Å². The Morgan fingerprint density at radius 1 is 0.824 bits per heavy atom. The van der Waals surface area contributed by atoms with E-state index in [1.54, 1.807) is 0 Å². The zero-order chi connectivity index (χ0) is 24.2. The Morgan fingerprint density at radius 2 is 1.32 bits per heavy atom. The molecular weight excluding hydrogens is 422 g/mol. The van der Waals surface area contributed by atoms with Crippen LogP contribution in [0.1, 0.15) is 36.1 Å². The predicted molar refractivity (Wildman–Crippen MR) is 139 cm³/mol. The average molecular weight is 454 g/mol. The summed E-state index contributed by atoms with van der Waals surface area (Å²) in [5.41, 5.74) is 6.35. The fourth-order valence-corrected chi connectivity index (χ4v) is 4.46. The Hall–Kier alpha value is -3.86. The van der Waals surface area contributed by atoms with Crippen LogP contribution in [0.3, 0.4) is 0 Å². The molecule has 1 heterocycles. The molecule has 1 aliphatic rings. The molecule has 0 aliphatic carbocycles. The highest BCUT2D eigenvalue weighted by Crippen LogP contribution is 2.35. The SMILES string of the molecule is CCN1C(=C(C(=O)Nc2ccc(C)cc2)C(=O)Nc2ccc(C)cc2)c2ccccc2CC1C. The minimum atomic E-state index is -0.425. The number of carbonyl (C=O) groups excluding carboxylic acids is 2. The van der Waals surface area contributed by atoms with Gasteiger partial charge in [0.2, 0.25) is 0 Å². The quantitative estimate of drug-likeness (QED) is 0.302. The van der Waals surface area contributed by atoms with E-state index in [1.165, 1.54) is 0 Å². The minimum Gasteiger partial charge on any atom is -0.367 e. The molecule has 5 heteroatoms. The van der Waals surface area contributed by atoms with E-state index in [2.05, 4.69) is 35.4 Å². The average Bonchev–Trinajstić information content (AvgIpc) is 2.82. The summed E-state index contributed by atoms with van der Waals surface area (Å²) in [4.78, 5) is 29.6. The third-order valence-electron chi connectivity index (χ3n) is 6.26. The number of nitrogens with zero attached hydrogens (tertiary/aromatic N) is 1. The van der Waals surface area contributed by atoms with Crippen LogP contribution in [-0.4, -0.2) is 29.3 Å². The summed E-state index contributed by atoms with van der Waals surface area (Å²) in [5.74, 6) is -0.850. The van der Waals surface area contributed by atoms with E-state index in [0.717, 1.165) is 28.7 Å². The Balaban J connectivity index is 1.84. The van der Waals surface area contributed by atoms with Crippen LogP contribution in [-0.2, 0) is 16.0 Å². The van der Waals surface area contributed by atoms with Crippen LogP contribution in [0.25, 0.3) is 5.70 Å². The van der Waals surface area contributed by atoms with Gasteiger partial charge >= 0.3 is 0 Å². The lowest BCUT2D eigenvalue weighted by molar-refractivity contribution is -0.118. The number of carbonyl (C=O) groups is 2. The summed E-state index contributed by atoms with van der Waals surface area (Å²) < 4.78 is 0. The van der Waals surface area contributed by atoms with Gasteiger partial charge in [-0.1, -0.05) is 59.7 Å². The van der Waals surface area contributed by atoms with Crippen molar-refractivity contribution in [1.82, 2.24) is 4.90 Å².